The van der Waals surface area contributed by atoms with E-state index in [1.807, 2.05) is 5.48 Å². The lowest BCUT2D eigenvalue weighted by Gasteiger charge is -2.22. The highest BCUT2D eigenvalue weighted by atomic mass is 16.5. The van der Waals surface area contributed by atoms with Gasteiger partial charge in [-0.3, -0.25) is 20.3 Å². The molecule has 0 fully saturated rings. The average molecular weight is 375 g/mol. The third-order valence-corrected chi connectivity index (χ3v) is 3.58. The molecule has 1 aromatic heterocycles. The lowest BCUT2D eigenvalue weighted by Crippen LogP contribution is -2.41. The summed E-state index contributed by atoms with van der Waals surface area (Å²) in [6, 6.07) is 9.50. The molecule has 2 aromatic rings. The second-order valence-corrected chi connectivity index (χ2v) is 5.47. The van der Waals surface area contributed by atoms with Crippen LogP contribution >= 0.6 is 0 Å². The molecule has 0 spiro atoms. The number of carbonyl (C=O) groups excluding carboxylic acids is 2. The maximum absolute atomic E-state index is 12.8. The molecule has 2 rings (SSSR count). The number of amides is 2. The Morgan fingerprint density at radius 1 is 1.11 bits per heavy atom. The van der Waals surface area contributed by atoms with Gasteiger partial charge in [0, 0.05) is 13.1 Å². The minimum atomic E-state index is -0.621. The third-order valence-electron chi connectivity index (χ3n) is 3.58. The Bertz CT molecular complexity index is 782. The molecular weight excluding hydrogens is 354 g/mol. The molecule has 0 bridgehead atoms. The van der Waals surface area contributed by atoms with Gasteiger partial charge in [-0.2, -0.15) is 0 Å². The van der Waals surface area contributed by atoms with E-state index < -0.39 is 11.8 Å². The van der Waals surface area contributed by atoms with Gasteiger partial charge in [0.25, 0.3) is 11.8 Å². The summed E-state index contributed by atoms with van der Waals surface area (Å²) in [7, 11) is 0. The van der Waals surface area contributed by atoms with Gasteiger partial charge < -0.3 is 24.8 Å². The fourth-order valence-electron chi connectivity index (χ4n) is 2.33. The highest BCUT2D eigenvalue weighted by molar-refractivity contribution is 6.04. The molecule has 0 aliphatic rings. The zero-order valence-electron chi connectivity index (χ0n) is 14.5. The molecule has 0 radical (unpaired) electrons. The fourth-order valence-corrected chi connectivity index (χ4v) is 2.33. The number of nitrogens with zero attached hydrogens (tertiary/aromatic N) is 1. The van der Waals surface area contributed by atoms with Crippen LogP contribution in [0.4, 0.5) is 5.69 Å². The Morgan fingerprint density at radius 3 is 2.44 bits per heavy atom. The van der Waals surface area contributed by atoms with Crippen molar-refractivity contribution in [3.8, 4) is 0 Å². The van der Waals surface area contributed by atoms with Gasteiger partial charge in [0.2, 0.25) is 0 Å². The van der Waals surface area contributed by atoms with Crippen molar-refractivity contribution in [2.24, 2.45) is 0 Å². The maximum atomic E-state index is 12.8. The van der Waals surface area contributed by atoms with Crippen molar-refractivity contribution in [3.05, 3.63) is 59.7 Å². The van der Waals surface area contributed by atoms with Gasteiger partial charge >= 0.3 is 0 Å². The third kappa shape index (κ3) is 5.68. The number of hydrogen-bond donors (Lipinski definition) is 5. The number of benzene rings is 1. The van der Waals surface area contributed by atoms with Crippen molar-refractivity contribution in [1.82, 2.24) is 10.2 Å². The molecule has 144 valence electrons. The normalized spacial score (nSPS) is 11.1. The van der Waals surface area contributed by atoms with Crippen molar-refractivity contribution >= 4 is 23.6 Å². The smallest absolute Gasteiger partial charge is 0.291 e. The summed E-state index contributed by atoms with van der Waals surface area (Å²) in [6.45, 7) is -0.610. The first-order chi connectivity index (χ1) is 13.1. The van der Waals surface area contributed by atoms with Crippen molar-refractivity contribution in [3.63, 3.8) is 0 Å². The summed E-state index contributed by atoms with van der Waals surface area (Å²) >= 11 is 0. The predicted molar refractivity (Wildman–Crippen MR) is 96.8 cm³/mol. The molecule has 9 heteroatoms. The first kappa shape index (κ1) is 20.2. The van der Waals surface area contributed by atoms with Crippen molar-refractivity contribution in [2.45, 2.75) is 0 Å². The van der Waals surface area contributed by atoms with E-state index in [2.05, 4.69) is 5.32 Å². The van der Waals surface area contributed by atoms with Crippen LogP contribution in [0.25, 0.3) is 6.08 Å². The van der Waals surface area contributed by atoms with E-state index in [1.54, 1.807) is 30.3 Å². The summed E-state index contributed by atoms with van der Waals surface area (Å²) in [5.41, 5.74) is 2.86. The van der Waals surface area contributed by atoms with Gasteiger partial charge in [0.05, 0.1) is 25.2 Å². The van der Waals surface area contributed by atoms with Gasteiger partial charge in [-0.25, -0.2) is 0 Å². The predicted octanol–water partition coefficient (Wildman–Crippen LogP) is 0.665. The quantitative estimate of drug-likeness (QED) is 0.321. The first-order valence-corrected chi connectivity index (χ1v) is 8.16. The Kier molecular flexibility index (Phi) is 7.56. The number of furan rings is 1. The number of hydrogen-bond acceptors (Lipinski definition) is 7. The van der Waals surface area contributed by atoms with E-state index in [1.165, 1.54) is 23.3 Å². The van der Waals surface area contributed by atoms with Gasteiger partial charge in [0.15, 0.2) is 5.76 Å². The summed E-state index contributed by atoms with van der Waals surface area (Å²) < 4.78 is 5.03. The second-order valence-electron chi connectivity index (χ2n) is 5.47. The molecule has 27 heavy (non-hydrogen) atoms. The number of nitrogens with one attached hydrogen (secondary N) is 2. The van der Waals surface area contributed by atoms with Crippen LogP contribution < -0.4 is 10.8 Å². The van der Waals surface area contributed by atoms with Gasteiger partial charge in [-0.05, 0) is 35.9 Å². The standard InChI is InChI=1S/C18H21N3O6/c22-8-6-21(7-9-23)18(25)15(19-17(24)16-5-2-10-27-16)12-13-3-1-4-14(11-13)20-26/h1-5,10-12,20,22-23,26H,6-9H2,(H,19,24)/b15-12-. The molecule has 1 heterocycles. The summed E-state index contributed by atoms with van der Waals surface area (Å²) in [5.74, 6) is -1.18. The van der Waals surface area contributed by atoms with Gasteiger partial charge in [-0.15, -0.1) is 0 Å². The fraction of sp³-hybridized carbons (Fsp3) is 0.222. The highest BCUT2D eigenvalue weighted by Gasteiger charge is 2.21. The average Bonchev–Trinajstić information content (AvgIpc) is 3.22. The number of aliphatic hydroxyl groups excluding tert-OH is 2. The van der Waals surface area contributed by atoms with Crippen LogP contribution in [0, 0.1) is 0 Å². The van der Waals surface area contributed by atoms with Crippen LogP contribution in [-0.2, 0) is 4.79 Å². The molecule has 0 aliphatic heterocycles. The molecule has 0 saturated heterocycles. The first-order valence-electron chi connectivity index (χ1n) is 8.16. The largest absolute Gasteiger partial charge is 0.459 e. The lowest BCUT2D eigenvalue weighted by atomic mass is 10.1. The number of anilines is 1. The van der Waals surface area contributed by atoms with Crippen molar-refractivity contribution in [1.29, 1.82) is 0 Å². The molecule has 0 saturated carbocycles. The van der Waals surface area contributed by atoms with Crippen molar-refractivity contribution in [2.75, 3.05) is 31.8 Å². The van der Waals surface area contributed by atoms with Crippen LogP contribution in [0.2, 0.25) is 0 Å². The van der Waals surface area contributed by atoms with Crippen LogP contribution in [-0.4, -0.2) is 58.4 Å². The lowest BCUT2D eigenvalue weighted by molar-refractivity contribution is -0.128. The minimum absolute atomic E-state index is 0.00834. The van der Waals surface area contributed by atoms with E-state index in [4.69, 9.17) is 19.8 Å². The molecule has 0 unspecified atom stereocenters. The Hall–Kier alpha value is -3.14. The zero-order chi connectivity index (χ0) is 19.6. The van der Waals surface area contributed by atoms with Crippen LogP contribution in [0.3, 0.4) is 0 Å². The van der Waals surface area contributed by atoms with E-state index in [9.17, 15) is 9.59 Å². The summed E-state index contributed by atoms with van der Waals surface area (Å²) in [4.78, 5) is 26.3. The summed E-state index contributed by atoms with van der Waals surface area (Å²) in [6.07, 6.45) is 2.76. The molecule has 5 N–H and O–H groups in total. The number of carbonyl (C=O) groups is 2. The number of aliphatic hydroxyl groups is 2. The van der Waals surface area contributed by atoms with Crippen molar-refractivity contribution < 1.29 is 29.4 Å². The van der Waals surface area contributed by atoms with Gasteiger partial charge in [-0.1, -0.05) is 12.1 Å². The molecule has 0 atom stereocenters. The van der Waals surface area contributed by atoms with E-state index in [0.717, 1.165) is 0 Å². The van der Waals surface area contributed by atoms with Gasteiger partial charge in [0.1, 0.15) is 5.70 Å². The highest BCUT2D eigenvalue weighted by Crippen LogP contribution is 2.14. The molecule has 9 nitrogen and oxygen atoms in total. The maximum Gasteiger partial charge on any atom is 0.291 e. The Morgan fingerprint density at radius 2 is 1.85 bits per heavy atom. The Labute approximate surface area is 155 Å². The molecule has 1 aromatic carbocycles. The monoisotopic (exact) mass is 375 g/mol. The zero-order valence-corrected chi connectivity index (χ0v) is 14.5. The van der Waals surface area contributed by atoms with E-state index in [-0.39, 0.29) is 37.8 Å². The SMILES string of the molecule is O=C(N/C(=C\c1cccc(NO)c1)C(=O)N(CCO)CCO)c1ccco1. The minimum Gasteiger partial charge on any atom is -0.459 e. The second kappa shape index (κ2) is 10.1. The molecular formula is C18H21N3O6. The van der Waals surface area contributed by atoms with Crippen LogP contribution in [0.1, 0.15) is 16.1 Å². The summed E-state index contributed by atoms with van der Waals surface area (Å²) in [5, 5.41) is 29.8. The van der Waals surface area contributed by atoms with E-state index in [0.29, 0.717) is 11.3 Å². The Balaban J connectivity index is 2.35. The molecule has 2 amide bonds. The topological polar surface area (TPSA) is 135 Å². The van der Waals surface area contributed by atoms with Crippen LogP contribution in [0.5, 0.6) is 0 Å². The van der Waals surface area contributed by atoms with E-state index >= 15 is 0 Å². The van der Waals surface area contributed by atoms with Crippen LogP contribution in [0.15, 0.2) is 52.8 Å². The number of rotatable bonds is 9. The molecule has 0 aliphatic carbocycles.